The van der Waals surface area contributed by atoms with Gasteiger partial charge in [-0.2, -0.15) is 0 Å². The topological polar surface area (TPSA) is 58.5 Å². The van der Waals surface area contributed by atoms with Crippen LogP contribution in [-0.2, 0) is 0 Å². The second-order valence-corrected chi connectivity index (χ2v) is 5.31. The Balaban J connectivity index is 1.66. The molecular formula is C14H16N4OS. The van der Waals surface area contributed by atoms with Gasteiger partial charge in [0, 0.05) is 23.9 Å². The van der Waals surface area contributed by atoms with Crippen LogP contribution in [0, 0.1) is 0 Å². The number of hydrazine groups is 1. The van der Waals surface area contributed by atoms with Crippen molar-refractivity contribution < 1.29 is 4.74 Å². The number of anilines is 1. The monoisotopic (exact) mass is 288 g/mol. The number of hydrogen-bond donors (Lipinski definition) is 2. The number of aromatic nitrogens is 1. The van der Waals surface area contributed by atoms with Gasteiger partial charge in [-0.25, -0.2) is 4.98 Å². The number of methoxy groups -OCH3 is 1. The maximum Gasteiger partial charge on any atom is 0.202 e. The second kappa shape index (κ2) is 5.92. The zero-order valence-electron chi connectivity index (χ0n) is 11.2. The van der Waals surface area contributed by atoms with E-state index in [0.29, 0.717) is 0 Å². The van der Waals surface area contributed by atoms with Crippen molar-refractivity contribution in [3.05, 3.63) is 29.6 Å². The first-order valence-electron chi connectivity index (χ1n) is 6.50. The molecule has 0 saturated carbocycles. The Bertz CT molecular complexity index is 606. The number of rotatable bonds is 4. The molecule has 0 radical (unpaired) electrons. The maximum atomic E-state index is 5.15. The fraction of sp³-hybridized carbons (Fsp3) is 0.286. The van der Waals surface area contributed by atoms with Crippen LogP contribution in [0.15, 0.2) is 34.6 Å². The van der Waals surface area contributed by atoms with Crippen LogP contribution >= 0.6 is 11.3 Å². The Morgan fingerprint density at radius 3 is 2.75 bits per heavy atom. The molecule has 1 aromatic carbocycles. The van der Waals surface area contributed by atoms with E-state index in [2.05, 4.69) is 20.8 Å². The molecule has 3 rings (SSSR count). The Kier molecular flexibility index (Phi) is 3.83. The van der Waals surface area contributed by atoms with E-state index in [0.717, 1.165) is 47.4 Å². The molecule has 2 heterocycles. The SMILES string of the molecule is COc1ccc(-c2csc(NNC3=NCCC3)n2)cc1. The molecule has 1 aromatic heterocycles. The number of amidine groups is 1. The standard InChI is InChI=1S/C14H16N4OS/c1-19-11-6-4-10(5-7-11)12-9-20-14(16-12)18-17-13-3-2-8-15-13/h4-7,9H,2-3,8H2,1H3,(H,15,17)(H,16,18). The Labute approximate surface area is 121 Å². The lowest BCUT2D eigenvalue weighted by Crippen LogP contribution is -2.27. The molecule has 0 aliphatic carbocycles. The highest BCUT2D eigenvalue weighted by atomic mass is 32.1. The number of nitrogens with one attached hydrogen (secondary N) is 2. The van der Waals surface area contributed by atoms with Gasteiger partial charge in [-0.15, -0.1) is 11.3 Å². The fourth-order valence-electron chi connectivity index (χ4n) is 1.99. The average Bonchev–Trinajstić information content (AvgIpc) is 3.17. The van der Waals surface area contributed by atoms with Gasteiger partial charge in [0.15, 0.2) is 0 Å². The van der Waals surface area contributed by atoms with E-state index in [4.69, 9.17) is 4.74 Å². The predicted molar refractivity (Wildman–Crippen MR) is 82.4 cm³/mol. The minimum atomic E-state index is 0.838. The smallest absolute Gasteiger partial charge is 0.202 e. The third-order valence-corrected chi connectivity index (χ3v) is 3.84. The molecule has 104 valence electrons. The van der Waals surface area contributed by atoms with Gasteiger partial charge in [0.2, 0.25) is 5.13 Å². The number of hydrogen-bond acceptors (Lipinski definition) is 6. The zero-order chi connectivity index (χ0) is 13.8. The van der Waals surface area contributed by atoms with Gasteiger partial charge in [-0.05, 0) is 30.7 Å². The molecule has 2 aromatic rings. The lowest BCUT2D eigenvalue weighted by molar-refractivity contribution is 0.415. The van der Waals surface area contributed by atoms with Gasteiger partial charge in [-0.1, -0.05) is 0 Å². The number of benzene rings is 1. The molecule has 6 heteroatoms. The minimum Gasteiger partial charge on any atom is -0.497 e. The second-order valence-electron chi connectivity index (χ2n) is 4.45. The van der Waals surface area contributed by atoms with Crippen LogP contribution < -0.4 is 15.6 Å². The minimum absolute atomic E-state index is 0.838. The van der Waals surface area contributed by atoms with Gasteiger partial charge >= 0.3 is 0 Å². The van der Waals surface area contributed by atoms with Gasteiger partial charge in [0.1, 0.15) is 11.6 Å². The normalized spacial score (nSPS) is 13.9. The van der Waals surface area contributed by atoms with Crippen molar-refractivity contribution >= 4 is 22.3 Å². The molecule has 5 nitrogen and oxygen atoms in total. The third-order valence-electron chi connectivity index (χ3n) is 3.08. The van der Waals surface area contributed by atoms with Crippen molar-refractivity contribution in [2.45, 2.75) is 12.8 Å². The molecule has 1 aliphatic heterocycles. The van der Waals surface area contributed by atoms with E-state index in [1.54, 1.807) is 18.4 Å². The summed E-state index contributed by atoms with van der Waals surface area (Å²) < 4.78 is 5.15. The van der Waals surface area contributed by atoms with Crippen molar-refractivity contribution in [2.75, 3.05) is 19.1 Å². The molecular weight excluding hydrogens is 272 g/mol. The van der Waals surface area contributed by atoms with E-state index >= 15 is 0 Å². The summed E-state index contributed by atoms with van der Waals surface area (Å²) in [6.07, 6.45) is 2.13. The summed E-state index contributed by atoms with van der Waals surface area (Å²) in [4.78, 5) is 8.89. The number of aliphatic imine (C=N–C) groups is 1. The van der Waals surface area contributed by atoms with Crippen LogP contribution in [-0.4, -0.2) is 24.5 Å². The average molecular weight is 288 g/mol. The fourth-order valence-corrected chi connectivity index (χ4v) is 2.67. The quantitative estimate of drug-likeness (QED) is 0.849. The third kappa shape index (κ3) is 2.91. The summed E-state index contributed by atoms with van der Waals surface area (Å²) >= 11 is 1.57. The summed E-state index contributed by atoms with van der Waals surface area (Å²) in [5.74, 6) is 1.86. The largest absolute Gasteiger partial charge is 0.497 e. The first-order chi connectivity index (χ1) is 9.85. The molecule has 20 heavy (non-hydrogen) atoms. The summed E-state index contributed by atoms with van der Waals surface area (Å²) in [7, 11) is 1.66. The van der Waals surface area contributed by atoms with Crippen LogP contribution in [0.4, 0.5) is 5.13 Å². The van der Waals surface area contributed by atoms with E-state index < -0.39 is 0 Å². The van der Waals surface area contributed by atoms with E-state index in [-0.39, 0.29) is 0 Å². The van der Waals surface area contributed by atoms with E-state index in [1.165, 1.54) is 0 Å². The molecule has 0 spiro atoms. The highest BCUT2D eigenvalue weighted by molar-refractivity contribution is 7.14. The molecule has 0 saturated heterocycles. The summed E-state index contributed by atoms with van der Waals surface area (Å²) in [5, 5.41) is 2.87. The van der Waals surface area contributed by atoms with Crippen LogP contribution in [0.5, 0.6) is 5.75 Å². The van der Waals surface area contributed by atoms with Crippen LogP contribution in [0.1, 0.15) is 12.8 Å². The van der Waals surface area contributed by atoms with Crippen LogP contribution in [0.2, 0.25) is 0 Å². The summed E-state index contributed by atoms with van der Waals surface area (Å²) in [6, 6.07) is 7.89. The molecule has 1 aliphatic rings. The number of thiazole rings is 1. The van der Waals surface area contributed by atoms with Crippen molar-refractivity contribution in [1.29, 1.82) is 0 Å². The van der Waals surface area contributed by atoms with Gasteiger partial charge in [-0.3, -0.25) is 15.8 Å². The Hall–Kier alpha value is -2.08. The molecule has 0 atom stereocenters. The van der Waals surface area contributed by atoms with Crippen molar-refractivity contribution in [1.82, 2.24) is 10.4 Å². The van der Waals surface area contributed by atoms with E-state index in [1.807, 2.05) is 29.6 Å². The van der Waals surface area contributed by atoms with Crippen molar-refractivity contribution in [3.63, 3.8) is 0 Å². The summed E-state index contributed by atoms with van der Waals surface area (Å²) in [6.45, 7) is 0.916. The number of nitrogens with zero attached hydrogens (tertiary/aromatic N) is 2. The zero-order valence-corrected chi connectivity index (χ0v) is 12.0. The van der Waals surface area contributed by atoms with Crippen LogP contribution in [0.3, 0.4) is 0 Å². The molecule has 0 fully saturated rings. The van der Waals surface area contributed by atoms with Crippen molar-refractivity contribution in [2.24, 2.45) is 4.99 Å². The van der Waals surface area contributed by atoms with Crippen LogP contribution in [0.25, 0.3) is 11.3 Å². The first-order valence-corrected chi connectivity index (χ1v) is 7.38. The summed E-state index contributed by atoms with van der Waals surface area (Å²) in [5.41, 5.74) is 8.24. The highest BCUT2D eigenvalue weighted by Crippen LogP contribution is 2.26. The predicted octanol–water partition coefficient (Wildman–Crippen LogP) is 2.93. The lowest BCUT2D eigenvalue weighted by Gasteiger charge is -2.05. The van der Waals surface area contributed by atoms with Gasteiger partial charge < -0.3 is 4.74 Å². The molecule has 0 bridgehead atoms. The maximum absolute atomic E-state index is 5.15. The van der Waals surface area contributed by atoms with Crippen molar-refractivity contribution in [3.8, 4) is 17.0 Å². The number of ether oxygens (including phenoxy) is 1. The Morgan fingerprint density at radius 1 is 1.20 bits per heavy atom. The van der Waals surface area contributed by atoms with Gasteiger partial charge in [0.25, 0.3) is 0 Å². The molecule has 0 amide bonds. The van der Waals surface area contributed by atoms with E-state index in [9.17, 15) is 0 Å². The molecule has 0 unspecified atom stereocenters. The molecule has 2 N–H and O–H groups in total. The Morgan fingerprint density at radius 2 is 2.05 bits per heavy atom. The first kappa shape index (κ1) is 12.9. The highest BCUT2D eigenvalue weighted by Gasteiger charge is 2.07. The lowest BCUT2D eigenvalue weighted by atomic mass is 10.2. The van der Waals surface area contributed by atoms with Gasteiger partial charge in [0.05, 0.1) is 12.8 Å².